The van der Waals surface area contributed by atoms with Crippen LogP contribution in [0.1, 0.15) is 25.3 Å². The van der Waals surface area contributed by atoms with E-state index in [0.29, 0.717) is 12.0 Å². The molecule has 0 radical (unpaired) electrons. The van der Waals surface area contributed by atoms with E-state index in [-0.39, 0.29) is 11.5 Å². The summed E-state index contributed by atoms with van der Waals surface area (Å²) in [5.41, 5.74) is 3.59. The second kappa shape index (κ2) is 6.98. The molecule has 6 heteroatoms. The Morgan fingerprint density at radius 2 is 2.10 bits per heavy atom. The zero-order chi connectivity index (χ0) is 15.3. The molecule has 2 N–H and O–H groups in total. The molecule has 1 aromatic heterocycles. The van der Waals surface area contributed by atoms with E-state index in [1.807, 2.05) is 37.3 Å². The number of nitrogens with zero attached hydrogens (tertiary/aromatic N) is 1. The van der Waals surface area contributed by atoms with E-state index in [2.05, 4.69) is 10.5 Å². The lowest BCUT2D eigenvalue weighted by Gasteiger charge is -2.14. The van der Waals surface area contributed by atoms with Crippen molar-refractivity contribution in [3.8, 4) is 0 Å². The maximum absolute atomic E-state index is 12.2. The van der Waals surface area contributed by atoms with Crippen LogP contribution < -0.4 is 5.48 Å². The monoisotopic (exact) mass is 308 g/mol. The number of pyridine rings is 1. The Bertz CT molecular complexity index is 701. The number of hydroxylamine groups is 1. The zero-order valence-corrected chi connectivity index (χ0v) is 12.8. The minimum atomic E-state index is -3.30. The molecule has 114 valence electrons. The fourth-order valence-electron chi connectivity index (χ4n) is 2.35. The largest absolute Gasteiger partial charge is 0.317 e. The van der Waals surface area contributed by atoms with Gasteiger partial charge in [-0.25, -0.2) is 13.9 Å². The van der Waals surface area contributed by atoms with Gasteiger partial charge in [-0.05, 0) is 24.1 Å². The van der Waals surface area contributed by atoms with E-state index in [1.54, 1.807) is 6.20 Å². The highest BCUT2D eigenvalue weighted by atomic mass is 32.2. The standard InChI is InChI=1S/C15H20N2O3S/c1-2-5-14(17-18)11-21(19,20)10-12-8-13-6-3-4-7-15(13)16-9-12/h3-4,6-9,14,17-18H,2,5,10-11H2,1H3/t14-/m0/s1. The number of sulfone groups is 1. The van der Waals surface area contributed by atoms with Crippen LogP contribution in [-0.4, -0.2) is 30.4 Å². The predicted octanol–water partition coefficient (Wildman–Crippen LogP) is 2.30. The lowest BCUT2D eigenvalue weighted by atomic mass is 10.2. The second-order valence-electron chi connectivity index (χ2n) is 5.21. The summed E-state index contributed by atoms with van der Waals surface area (Å²) in [5, 5.41) is 9.93. The molecule has 0 unspecified atom stereocenters. The molecule has 0 amide bonds. The molecule has 0 saturated carbocycles. The molecule has 2 rings (SSSR count). The van der Waals surface area contributed by atoms with Gasteiger partial charge in [-0.15, -0.1) is 0 Å². The number of para-hydroxylation sites is 1. The van der Waals surface area contributed by atoms with Gasteiger partial charge in [-0.1, -0.05) is 31.5 Å². The van der Waals surface area contributed by atoms with Crippen molar-refractivity contribution in [3.05, 3.63) is 42.1 Å². The first-order chi connectivity index (χ1) is 10.0. The van der Waals surface area contributed by atoms with Crippen molar-refractivity contribution in [1.29, 1.82) is 0 Å². The maximum Gasteiger partial charge on any atom is 0.156 e. The number of fused-ring (bicyclic) bond motifs is 1. The summed E-state index contributed by atoms with van der Waals surface area (Å²) >= 11 is 0. The molecule has 0 aliphatic carbocycles. The first-order valence-electron chi connectivity index (χ1n) is 6.98. The molecule has 0 spiro atoms. The number of aromatic nitrogens is 1. The summed E-state index contributed by atoms with van der Waals surface area (Å²) in [6.07, 6.45) is 3.03. The number of nitrogens with one attached hydrogen (secondary N) is 1. The van der Waals surface area contributed by atoms with Crippen LogP contribution in [0.3, 0.4) is 0 Å². The molecule has 0 aliphatic heterocycles. The smallest absolute Gasteiger partial charge is 0.156 e. The molecule has 1 heterocycles. The third kappa shape index (κ3) is 4.49. The van der Waals surface area contributed by atoms with Crippen LogP contribution in [0.15, 0.2) is 36.5 Å². The molecule has 1 aromatic carbocycles. The van der Waals surface area contributed by atoms with Crippen molar-refractivity contribution in [2.24, 2.45) is 0 Å². The van der Waals surface area contributed by atoms with Gasteiger partial charge >= 0.3 is 0 Å². The predicted molar refractivity (Wildman–Crippen MR) is 82.9 cm³/mol. The van der Waals surface area contributed by atoms with E-state index in [1.165, 1.54) is 0 Å². The van der Waals surface area contributed by atoms with E-state index >= 15 is 0 Å². The van der Waals surface area contributed by atoms with Crippen LogP contribution in [0.5, 0.6) is 0 Å². The highest BCUT2D eigenvalue weighted by Crippen LogP contribution is 2.15. The quantitative estimate of drug-likeness (QED) is 0.767. The highest BCUT2D eigenvalue weighted by Gasteiger charge is 2.19. The summed E-state index contributed by atoms with van der Waals surface area (Å²) in [6, 6.07) is 9.02. The molecule has 0 saturated heterocycles. The lowest BCUT2D eigenvalue weighted by Crippen LogP contribution is -2.33. The number of hydrogen-bond acceptors (Lipinski definition) is 5. The minimum Gasteiger partial charge on any atom is -0.317 e. The Labute approximate surface area is 124 Å². The van der Waals surface area contributed by atoms with E-state index in [9.17, 15) is 8.42 Å². The van der Waals surface area contributed by atoms with Crippen molar-refractivity contribution in [3.63, 3.8) is 0 Å². The van der Waals surface area contributed by atoms with Gasteiger partial charge in [0.05, 0.1) is 17.0 Å². The fraction of sp³-hybridized carbons (Fsp3) is 0.400. The number of hydrogen-bond donors (Lipinski definition) is 2. The van der Waals surface area contributed by atoms with Crippen molar-refractivity contribution < 1.29 is 13.6 Å². The lowest BCUT2D eigenvalue weighted by molar-refractivity contribution is 0.129. The first kappa shape index (κ1) is 15.9. The van der Waals surface area contributed by atoms with Crippen LogP contribution >= 0.6 is 0 Å². The molecule has 2 aromatic rings. The van der Waals surface area contributed by atoms with Crippen LogP contribution in [0.25, 0.3) is 10.9 Å². The van der Waals surface area contributed by atoms with Gasteiger partial charge in [0.15, 0.2) is 9.84 Å². The molecular weight excluding hydrogens is 288 g/mol. The number of rotatable bonds is 7. The first-order valence-corrected chi connectivity index (χ1v) is 8.80. The fourth-order valence-corrected chi connectivity index (χ4v) is 3.99. The SMILES string of the molecule is CCC[C@@H](CS(=O)(=O)Cc1cnc2ccccc2c1)NO. The molecule has 21 heavy (non-hydrogen) atoms. The van der Waals surface area contributed by atoms with Crippen LogP contribution in [0.2, 0.25) is 0 Å². The van der Waals surface area contributed by atoms with Crippen molar-refractivity contribution in [1.82, 2.24) is 10.5 Å². The van der Waals surface area contributed by atoms with Gasteiger partial charge in [0, 0.05) is 17.6 Å². The topological polar surface area (TPSA) is 79.3 Å². The molecule has 0 bridgehead atoms. The molecule has 5 nitrogen and oxygen atoms in total. The van der Waals surface area contributed by atoms with E-state index in [0.717, 1.165) is 17.3 Å². The Hall–Kier alpha value is -1.50. The van der Waals surface area contributed by atoms with Crippen LogP contribution in [0, 0.1) is 0 Å². The molecular formula is C15H20N2O3S. The normalized spacial score (nSPS) is 13.4. The summed E-state index contributed by atoms with van der Waals surface area (Å²) in [7, 11) is -3.30. The molecule has 0 aliphatic rings. The van der Waals surface area contributed by atoms with Crippen LogP contribution in [-0.2, 0) is 15.6 Å². The Morgan fingerprint density at radius 1 is 1.33 bits per heavy atom. The Kier molecular flexibility index (Phi) is 5.27. The van der Waals surface area contributed by atoms with Gasteiger partial charge in [-0.2, -0.15) is 0 Å². The second-order valence-corrected chi connectivity index (χ2v) is 7.31. The van der Waals surface area contributed by atoms with Crippen molar-refractivity contribution >= 4 is 20.7 Å². The van der Waals surface area contributed by atoms with Gasteiger partial charge in [-0.3, -0.25) is 4.98 Å². The van der Waals surface area contributed by atoms with Gasteiger partial charge in [0.25, 0.3) is 0 Å². The Morgan fingerprint density at radius 3 is 2.81 bits per heavy atom. The summed E-state index contributed by atoms with van der Waals surface area (Å²) in [4.78, 5) is 4.27. The summed E-state index contributed by atoms with van der Waals surface area (Å²) in [5.74, 6) is -0.142. The van der Waals surface area contributed by atoms with Crippen molar-refractivity contribution in [2.75, 3.05) is 5.75 Å². The summed E-state index contributed by atoms with van der Waals surface area (Å²) < 4.78 is 24.4. The average Bonchev–Trinajstić information content (AvgIpc) is 2.46. The zero-order valence-electron chi connectivity index (χ0n) is 12.0. The van der Waals surface area contributed by atoms with E-state index < -0.39 is 15.9 Å². The number of benzene rings is 1. The highest BCUT2D eigenvalue weighted by molar-refractivity contribution is 7.90. The van der Waals surface area contributed by atoms with Gasteiger partial charge in [0.1, 0.15) is 0 Å². The Balaban J connectivity index is 2.14. The van der Waals surface area contributed by atoms with Crippen LogP contribution in [0.4, 0.5) is 0 Å². The summed E-state index contributed by atoms with van der Waals surface area (Å²) in [6.45, 7) is 1.95. The minimum absolute atomic E-state index is 0.0628. The molecule has 0 fully saturated rings. The van der Waals surface area contributed by atoms with Crippen molar-refractivity contribution in [2.45, 2.75) is 31.6 Å². The average molecular weight is 308 g/mol. The maximum atomic E-state index is 12.2. The third-order valence-electron chi connectivity index (χ3n) is 3.31. The van der Waals surface area contributed by atoms with Gasteiger partial charge < -0.3 is 5.21 Å². The third-order valence-corrected chi connectivity index (χ3v) is 4.99. The van der Waals surface area contributed by atoms with Gasteiger partial charge in [0.2, 0.25) is 0 Å². The molecule has 1 atom stereocenters. The van der Waals surface area contributed by atoms with E-state index in [4.69, 9.17) is 5.21 Å².